The average Bonchev–Trinajstić information content (AvgIpc) is 3.81. The number of nitriles is 6. The third kappa shape index (κ3) is 6.18. The summed E-state index contributed by atoms with van der Waals surface area (Å²) in [6, 6.07) is 32.9. The van der Waals surface area contributed by atoms with Gasteiger partial charge < -0.3 is 0 Å². The summed E-state index contributed by atoms with van der Waals surface area (Å²) in [4.78, 5) is 21.8. The van der Waals surface area contributed by atoms with Gasteiger partial charge in [0.15, 0.2) is 22.7 Å². The van der Waals surface area contributed by atoms with E-state index < -0.39 is 0 Å². The predicted octanol–water partition coefficient (Wildman–Crippen LogP) is 11.8. The van der Waals surface area contributed by atoms with Gasteiger partial charge in [0.05, 0.1) is 85.0 Å². The van der Waals surface area contributed by atoms with Gasteiger partial charge in [-0.1, -0.05) is 48.5 Å². The number of hydrogen-bond donors (Lipinski definition) is 0. The Labute approximate surface area is 354 Å². The smallest absolute Gasteiger partial charge is 0.203 e. The van der Waals surface area contributed by atoms with Crippen molar-refractivity contribution in [2.75, 3.05) is 0 Å². The van der Waals surface area contributed by atoms with E-state index in [0.29, 0.717) is 5.56 Å². The first-order chi connectivity index (χ1) is 30.2. The summed E-state index contributed by atoms with van der Waals surface area (Å²) in [6.07, 6.45) is 0. The molecule has 2 aliphatic rings. The van der Waals surface area contributed by atoms with Crippen molar-refractivity contribution in [3.05, 3.63) is 220 Å². The Morgan fingerprint density at radius 3 is 1.61 bits per heavy atom. The molecule has 62 heavy (non-hydrogen) atoms. The molecule has 0 bridgehead atoms. The summed E-state index contributed by atoms with van der Waals surface area (Å²) < 4.78 is 0. The van der Waals surface area contributed by atoms with Crippen LogP contribution in [0.25, 0.3) is 73.9 Å². The molecule has 0 fully saturated rings. The Bertz CT molecular complexity index is 3350. The molecule has 7 rings (SSSR count). The second-order valence-corrected chi connectivity index (χ2v) is 13.2. The molecule has 12 nitrogen and oxygen atoms in total. The molecule has 12 heteroatoms. The van der Waals surface area contributed by atoms with E-state index in [-0.39, 0.29) is 129 Å². The summed E-state index contributed by atoms with van der Waals surface area (Å²) in [5.41, 5.74) is 2.99. The van der Waals surface area contributed by atoms with Crippen LogP contribution in [-0.2, 0) is 0 Å². The Morgan fingerprint density at radius 1 is 0.452 bits per heavy atom. The van der Waals surface area contributed by atoms with Crippen LogP contribution in [0.5, 0.6) is 0 Å². The average molecular weight is 783 g/mol. The zero-order valence-corrected chi connectivity index (χ0v) is 31.4. The largest absolute Gasteiger partial charge is 0.250 e. The maximum atomic E-state index is 11.0. The molecule has 5 aromatic carbocycles. The minimum Gasteiger partial charge on any atom is -0.250 e. The van der Waals surface area contributed by atoms with E-state index in [2.05, 4.69) is 41.2 Å². The molecular formula is C50H14N12. The Kier molecular flexibility index (Phi) is 10.0. The van der Waals surface area contributed by atoms with E-state index in [9.17, 15) is 31.6 Å². The van der Waals surface area contributed by atoms with Gasteiger partial charge in [-0.25, -0.2) is 19.4 Å². The normalized spacial score (nSPS) is 13.2. The van der Waals surface area contributed by atoms with Crippen molar-refractivity contribution in [2.45, 2.75) is 0 Å². The van der Waals surface area contributed by atoms with Crippen LogP contribution in [0.3, 0.4) is 0 Å². The van der Waals surface area contributed by atoms with Crippen LogP contribution in [0.4, 0.5) is 22.7 Å². The predicted molar refractivity (Wildman–Crippen MR) is 228 cm³/mol. The Morgan fingerprint density at radius 2 is 1.06 bits per heavy atom. The number of nitrogens with zero attached hydrogens (tertiary/aromatic N) is 12. The maximum Gasteiger partial charge on any atom is 0.203 e. The van der Waals surface area contributed by atoms with Gasteiger partial charge in [0.2, 0.25) is 11.4 Å². The van der Waals surface area contributed by atoms with Gasteiger partial charge in [-0.2, -0.15) is 31.6 Å². The van der Waals surface area contributed by atoms with Crippen LogP contribution < -0.4 is 0 Å². The van der Waals surface area contributed by atoms with Crippen LogP contribution in [0.1, 0.15) is 66.8 Å². The molecule has 0 N–H and O–H groups in total. The number of allylic oxidation sites excluding steroid dienone is 6. The zero-order valence-electron chi connectivity index (χ0n) is 31.4. The SMILES string of the molecule is [C-]#[N+]C1=C(c2ccc([N+]#[C-])c([N+]#[C-])c2)/C(=C(/C#N)c2cc([N+]#[C-])cc([N+]#[C-])c2)c2cc3c(cc21)/C(=C(\[N+]#[C-])c1cc(C#N)cc(C#N)c1)C(c1ccc(C#N)c(C#N)c1)=C3C#N. The van der Waals surface area contributed by atoms with Gasteiger partial charge in [-0.05, 0) is 103 Å². The molecule has 0 atom stereocenters. The molecular weight excluding hydrogens is 769 g/mol. The van der Waals surface area contributed by atoms with Gasteiger partial charge in [0.1, 0.15) is 24.3 Å². The molecule has 0 aromatic heterocycles. The van der Waals surface area contributed by atoms with E-state index in [1.807, 2.05) is 24.3 Å². The van der Waals surface area contributed by atoms with Crippen molar-refractivity contribution in [2.24, 2.45) is 0 Å². The van der Waals surface area contributed by atoms with Crippen molar-refractivity contribution < 1.29 is 0 Å². The van der Waals surface area contributed by atoms with Crippen molar-refractivity contribution in [3.63, 3.8) is 0 Å². The second kappa shape index (κ2) is 15.8. The highest BCUT2D eigenvalue weighted by atomic mass is 14.8. The van der Waals surface area contributed by atoms with E-state index >= 15 is 0 Å². The van der Waals surface area contributed by atoms with Crippen molar-refractivity contribution in [1.82, 2.24) is 0 Å². The molecule has 0 unspecified atom stereocenters. The summed E-state index contributed by atoms with van der Waals surface area (Å²) in [7, 11) is 0. The summed E-state index contributed by atoms with van der Waals surface area (Å²) in [5, 5.41) is 61.5. The highest BCUT2D eigenvalue weighted by Gasteiger charge is 2.38. The first-order valence-corrected chi connectivity index (χ1v) is 17.6. The van der Waals surface area contributed by atoms with Crippen LogP contribution in [0.2, 0.25) is 0 Å². The van der Waals surface area contributed by atoms with E-state index in [0.717, 1.165) is 0 Å². The minimum absolute atomic E-state index is 0.00262. The molecule has 0 aliphatic heterocycles. The fourth-order valence-corrected chi connectivity index (χ4v) is 7.55. The highest BCUT2D eigenvalue weighted by molar-refractivity contribution is 6.33. The van der Waals surface area contributed by atoms with Crippen LogP contribution >= 0.6 is 0 Å². The monoisotopic (exact) mass is 782 g/mol. The lowest BCUT2D eigenvalue weighted by atomic mass is 9.87. The zero-order chi connectivity index (χ0) is 44.2. The second-order valence-electron chi connectivity index (χ2n) is 13.2. The molecule has 0 spiro atoms. The highest BCUT2D eigenvalue weighted by Crippen LogP contribution is 2.57. The van der Waals surface area contributed by atoms with Crippen LogP contribution in [0.15, 0.2) is 84.9 Å². The minimum atomic E-state index is -0.0815. The first kappa shape index (κ1) is 39.2. The molecule has 0 amide bonds. The maximum absolute atomic E-state index is 11.0. The van der Waals surface area contributed by atoms with Crippen LogP contribution in [0, 0.1) is 107 Å². The van der Waals surface area contributed by atoms with E-state index in [1.54, 1.807) is 18.2 Å². The lowest BCUT2D eigenvalue weighted by Gasteiger charge is -2.15. The quantitative estimate of drug-likeness (QED) is 0.130. The fraction of sp³-hybridized carbons (Fsp3) is 0. The Balaban J connectivity index is 1.69. The van der Waals surface area contributed by atoms with Gasteiger partial charge in [0, 0.05) is 0 Å². The summed E-state index contributed by atoms with van der Waals surface area (Å²) in [5.74, 6) is 0. The molecule has 2 aliphatic carbocycles. The third-order valence-corrected chi connectivity index (χ3v) is 10.1. The van der Waals surface area contributed by atoms with Gasteiger partial charge in [-0.15, -0.1) is 0 Å². The number of rotatable bonds is 4. The van der Waals surface area contributed by atoms with Crippen molar-refractivity contribution in [1.29, 1.82) is 31.6 Å². The summed E-state index contributed by atoms with van der Waals surface area (Å²) in [6.45, 7) is 47.8. The molecule has 0 saturated carbocycles. The summed E-state index contributed by atoms with van der Waals surface area (Å²) >= 11 is 0. The van der Waals surface area contributed by atoms with Gasteiger partial charge in [-0.3, -0.25) is 9.69 Å². The Hall–Kier alpha value is -11.1. The standard InChI is InChI=1S/C50H14N12/c1-57-35-15-32(16-36(18-35)58-2)41(25-55)47-39-19-37-38(20-40(39)50(62-6)46(47)30-9-10-43(59-3)44(17-30)60-4)48(49(61-5)33-12-27(21-51)11-28(13-33)22-52)45(42(37)26-56)29-7-8-31(23-53)34(14-29)24-54/h7-20H/b47-41-,49-48+. The number of fused-ring (bicyclic) bond motifs is 2. The molecule has 0 heterocycles. The van der Waals surface area contributed by atoms with E-state index in [1.165, 1.54) is 66.7 Å². The molecule has 274 valence electrons. The third-order valence-electron chi connectivity index (χ3n) is 10.1. The topological polar surface area (TPSA) is 169 Å². The van der Waals surface area contributed by atoms with Crippen molar-refractivity contribution >= 4 is 67.6 Å². The number of hydrogen-bond acceptors (Lipinski definition) is 6. The lowest BCUT2D eigenvalue weighted by Crippen LogP contribution is -1.96. The lowest BCUT2D eigenvalue weighted by molar-refractivity contribution is 1.42. The fourth-order valence-electron chi connectivity index (χ4n) is 7.55. The number of benzene rings is 5. The molecule has 0 saturated heterocycles. The van der Waals surface area contributed by atoms with Crippen molar-refractivity contribution in [3.8, 4) is 36.4 Å². The first-order valence-electron chi connectivity index (χ1n) is 17.6. The molecule has 0 radical (unpaired) electrons. The van der Waals surface area contributed by atoms with E-state index in [4.69, 9.17) is 39.4 Å². The van der Waals surface area contributed by atoms with Gasteiger partial charge >= 0.3 is 0 Å². The molecule has 5 aromatic rings. The van der Waals surface area contributed by atoms with Gasteiger partial charge in [0.25, 0.3) is 0 Å². The van der Waals surface area contributed by atoms with Crippen LogP contribution in [-0.4, -0.2) is 0 Å².